The first-order chi connectivity index (χ1) is 26.3. The lowest BCUT2D eigenvalue weighted by Gasteiger charge is -2.25. The first kappa shape index (κ1) is 41.5. The number of amides is 2. The van der Waals surface area contributed by atoms with Crippen LogP contribution in [0.1, 0.15) is 80.8 Å². The lowest BCUT2D eigenvalue weighted by molar-refractivity contribution is -0.153. The molecule has 0 spiro atoms. The van der Waals surface area contributed by atoms with Gasteiger partial charge in [0.25, 0.3) is 21.5 Å². The number of anilines is 2. The molecule has 0 aliphatic heterocycles. The van der Waals surface area contributed by atoms with Crippen LogP contribution in [-0.4, -0.2) is 52.5 Å². The van der Waals surface area contributed by atoms with Gasteiger partial charge in [0.05, 0.1) is 16.1 Å². The molecule has 1 aliphatic carbocycles. The normalized spacial score (nSPS) is 14.1. The molecule has 0 bridgehead atoms. The van der Waals surface area contributed by atoms with E-state index in [4.69, 9.17) is 4.74 Å². The van der Waals surface area contributed by atoms with Gasteiger partial charge < -0.3 is 19.9 Å². The van der Waals surface area contributed by atoms with E-state index in [2.05, 4.69) is 15.6 Å². The van der Waals surface area contributed by atoms with Gasteiger partial charge in [0.1, 0.15) is 29.6 Å². The highest BCUT2D eigenvalue weighted by Gasteiger charge is 2.29. The standard InChI is InChI=1S/C39H44F2N6O8S/c1-23-22-46(5)38(52)47(35(23)49)33-18-12-24(21-42-33)11-17-31(36(50)55-26-9-7-6-8-10-26)44-34(48)28-19-30(41)32(20-29(28)40)45-56(53,54)27-15-13-25(14-16-27)43-37(51)39(2,3)4/h12-16,18-22,26,31,45H,6-11,17H2,1-5H3,(H,43,51)(H,44,48)/t31-/m0/s1. The fourth-order valence-electron chi connectivity index (χ4n) is 5.98. The zero-order valence-electron chi connectivity index (χ0n) is 31.6. The highest BCUT2D eigenvalue weighted by Crippen LogP contribution is 2.26. The molecule has 3 N–H and O–H groups in total. The van der Waals surface area contributed by atoms with E-state index in [1.54, 1.807) is 33.8 Å². The van der Waals surface area contributed by atoms with E-state index in [1.165, 1.54) is 54.3 Å². The van der Waals surface area contributed by atoms with E-state index in [0.717, 1.165) is 23.8 Å². The SMILES string of the molecule is Cc1cn(C)c(=O)n(-c2ccc(CC[C@H](NC(=O)c3cc(F)c(NS(=O)(=O)c4ccc(NC(=O)C(C)(C)C)cc4)cc3F)C(=O)OC3CCCCC3)cn2)c1=O. The maximum Gasteiger partial charge on any atom is 0.336 e. The second-order valence-electron chi connectivity index (χ2n) is 14.8. The number of ether oxygens (including phenoxy) is 1. The topological polar surface area (TPSA) is 188 Å². The van der Waals surface area contributed by atoms with Crippen LogP contribution in [0, 0.1) is 24.0 Å². The molecular formula is C39H44F2N6O8S. The van der Waals surface area contributed by atoms with E-state index in [0.29, 0.717) is 41.8 Å². The van der Waals surface area contributed by atoms with E-state index >= 15 is 8.78 Å². The van der Waals surface area contributed by atoms with E-state index in [-0.39, 0.29) is 35.6 Å². The molecular weight excluding hydrogens is 751 g/mol. The molecule has 2 heterocycles. The van der Waals surface area contributed by atoms with Gasteiger partial charge >= 0.3 is 11.7 Å². The number of pyridine rings is 1. The minimum absolute atomic E-state index is 0.0366. The number of halogens is 2. The molecule has 1 aliphatic rings. The molecule has 2 aromatic heterocycles. The third-order valence-corrected chi connectivity index (χ3v) is 10.6. The van der Waals surface area contributed by atoms with Crippen molar-refractivity contribution in [1.82, 2.24) is 19.4 Å². The van der Waals surface area contributed by atoms with Crippen LogP contribution in [0.15, 0.2) is 75.4 Å². The number of sulfonamides is 1. The van der Waals surface area contributed by atoms with E-state index < -0.39 is 67.5 Å². The predicted molar refractivity (Wildman–Crippen MR) is 204 cm³/mol. The molecule has 5 rings (SSSR count). The minimum atomic E-state index is -4.43. The van der Waals surface area contributed by atoms with Crippen molar-refractivity contribution < 1.29 is 36.3 Å². The Labute approximate surface area is 322 Å². The van der Waals surface area contributed by atoms with Gasteiger partial charge in [-0.05, 0) is 87.4 Å². The lowest BCUT2D eigenvalue weighted by Crippen LogP contribution is -2.44. The smallest absolute Gasteiger partial charge is 0.336 e. The van der Waals surface area contributed by atoms with Crippen molar-refractivity contribution >= 4 is 39.2 Å². The van der Waals surface area contributed by atoms with Gasteiger partial charge in [0.15, 0.2) is 0 Å². The van der Waals surface area contributed by atoms with Gasteiger partial charge in [0.2, 0.25) is 5.91 Å². The molecule has 1 atom stereocenters. The van der Waals surface area contributed by atoms with Crippen LogP contribution in [0.25, 0.3) is 5.82 Å². The number of nitrogens with zero attached hydrogens (tertiary/aromatic N) is 3. The third kappa shape index (κ3) is 9.93. The molecule has 1 saturated carbocycles. The average Bonchev–Trinajstić information content (AvgIpc) is 3.14. The monoisotopic (exact) mass is 794 g/mol. The number of esters is 1. The molecule has 0 unspecified atom stereocenters. The van der Waals surface area contributed by atoms with Crippen LogP contribution >= 0.6 is 0 Å². The molecule has 298 valence electrons. The summed E-state index contributed by atoms with van der Waals surface area (Å²) in [6.45, 7) is 6.71. The van der Waals surface area contributed by atoms with Gasteiger partial charge in [-0.3, -0.25) is 19.1 Å². The zero-order chi connectivity index (χ0) is 40.9. The Morgan fingerprint density at radius 1 is 0.982 bits per heavy atom. The van der Waals surface area contributed by atoms with Crippen LogP contribution < -0.4 is 26.6 Å². The molecule has 1 fully saturated rings. The number of nitrogens with one attached hydrogen (secondary N) is 3. The van der Waals surface area contributed by atoms with Crippen molar-refractivity contribution in [2.75, 3.05) is 10.0 Å². The van der Waals surface area contributed by atoms with Gasteiger partial charge in [-0.2, -0.15) is 0 Å². The summed E-state index contributed by atoms with van der Waals surface area (Å²) in [5.74, 6) is -4.64. The Kier molecular flexibility index (Phi) is 12.6. The Balaban J connectivity index is 1.31. The molecule has 0 saturated heterocycles. The second-order valence-corrected chi connectivity index (χ2v) is 16.5. The summed E-state index contributed by atoms with van der Waals surface area (Å²) < 4.78 is 66.7. The largest absolute Gasteiger partial charge is 0.461 e. The van der Waals surface area contributed by atoms with Gasteiger partial charge in [-0.25, -0.2) is 36.3 Å². The second kappa shape index (κ2) is 17.0. The molecule has 17 heteroatoms. The van der Waals surface area contributed by atoms with Gasteiger partial charge in [-0.15, -0.1) is 0 Å². The molecule has 0 radical (unpaired) electrons. The summed E-state index contributed by atoms with van der Waals surface area (Å²) in [6, 6.07) is 7.89. The first-order valence-corrected chi connectivity index (χ1v) is 19.5. The Morgan fingerprint density at radius 3 is 2.29 bits per heavy atom. The molecule has 4 aromatic rings. The molecule has 2 amide bonds. The number of carbonyl (C=O) groups excluding carboxylic acids is 3. The Bertz CT molecular complexity index is 2320. The summed E-state index contributed by atoms with van der Waals surface area (Å²) in [4.78, 5) is 68.3. The Hall–Kier alpha value is -5.71. The number of aryl methyl sites for hydroxylation is 3. The maximum atomic E-state index is 15.4. The summed E-state index contributed by atoms with van der Waals surface area (Å²) in [5.41, 5.74) is -2.10. The quantitative estimate of drug-likeness (QED) is 0.168. The molecule has 2 aromatic carbocycles. The van der Waals surface area contributed by atoms with E-state index in [1.807, 2.05) is 4.72 Å². The van der Waals surface area contributed by atoms with Crippen molar-refractivity contribution in [3.8, 4) is 5.82 Å². The fraction of sp³-hybridized carbons (Fsp3) is 0.385. The predicted octanol–water partition coefficient (Wildman–Crippen LogP) is 4.91. The Morgan fingerprint density at radius 2 is 1.66 bits per heavy atom. The highest BCUT2D eigenvalue weighted by molar-refractivity contribution is 7.92. The van der Waals surface area contributed by atoms with Gasteiger partial charge in [0, 0.05) is 42.2 Å². The number of aromatic nitrogens is 3. The molecule has 14 nitrogen and oxygen atoms in total. The van der Waals surface area contributed by atoms with Crippen molar-refractivity contribution in [3.05, 3.63) is 110 Å². The van der Waals surface area contributed by atoms with Crippen LogP contribution in [0.2, 0.25) is 0 Å². The lowest BCUT2D eigenvalue weighted by atomic mass is 9.95. The number of hydrogen-bond donors (Lipinski definition) is 3. The maximum absolute atomic E-state index is 15.4. The van der Waals surface area contributed by atoms with E-state index in [9.17, 15) is 32.4 Å². The number of hydrogen-bond acceptors (Lipinski definition) is 9. The average molecular weight is 795 g/mol. The van der Waals surface area contributed by atoms with Crippen LogP contribution in [0.3, 0.4) is 0 Å². The minimum Gasteiger partial charge on any atom is -0.461 e. The van der Waals surface area contributed by atoms with Crippen molar-refractivity contribution in [3.63, 3.8) is 0 Å². The highest BCUT2D eigenvalue weighted by atomic mass is 32.2. The number of benzene rings is 2. The third-order valence-electron chi connectivity index (χ3n) is 9.25. The van der Waals surface area contributed by atoms with Crippen molar-refractivity contribution in [2.24, 2.45) is 12.5 Å². The van der Waals surface area contributed by atoms with Crippen molar-refractivity contribution in [1.29, 1.82) is 0 Å². The van der Waals surface area contributed by atoms with Crippen molar-refractivity contribution in [2.45, 2.75) is 89.7 Å². The van der Waals surface area contributed by atoms with Crippen LogP contribution in [-0.2, 0) is 37.8 Å². The van der Waals surface area contributed by atoms with Crippen LogP contribution in [0.5, 0.6) is 0 Å². The van der Waals surface area contributed by atoms with Crippen LogP contribution in [0.4, 0.5) is 20.2 Å². The summed E-state index contributed by atoms with van der Waals surface area (Å²) in [7, 11) is -2.92. The number of carbonyl (C=O) groups is 3. The van der Waals surface area contributed by atoms with Gasteiger partial charge in [-0.1, -0.05) is 33.3 Å². The molecule has 56 heavy (non-hydrogen) atoms. The summed E-state index contributed by atoms with van der Waals surface area (Å²) >= 11 is 0. The summed E-state index contributed by atoms with van der Waals surface area (Å²) in [6.07, 6.45) is 6.60. The summed E-state index contributed by atoms with van der Waals surface area (Å²) in [5, 5.41) is 5.11. The first-order valence-electron chi connectivity index (χ1n) is 18.0. The fourth-order valence-corrected chi connectivity index (χ4v) is 7.04. The number of rotatable bonds is 12. The zero-order valence-corrected chi connectivity index (χ0v) is 32.5.